The maximum atomic E-state index is 11.6. The maximum absolute atomic E-state index is 11.6. The van der Waals surface area contributed by atoms with Crippen LogP contribution in [0.3, 0.4) is 0 Å². The number of nitrogens with two attached hydrogens (primary N) is 1. The van der Waals surface area contributed by atoms with Crippen molar-refractivity contribution in [1.82, 2.24) is 0 Å². The number of unbranched alkanes of at least 4 members (excludes halogenated alkanes) is 1. The zero-order valence-corrected chi connectivity index (χ0v) is 12.1. The van der Waals surface area contributed by atoms with Crippen LogP contribution < -0.4 is 15.8 Å². The van der Waals surface area contributed by atoms with E-state index < -0.39 is 0 Å². The number of aryl methyl sites for hydroxylation is 2. The minimum absolute atomic E-state index is 0.0478. The monoisotopic (exact) mass is 264 g/mol. The van der Waals surface area contributed by atoms with Gasteiger partial charge in [0.15, 0.2) is 0 Å². The van der Waals surface area contributed by atoms with E-state index in [1.165, 1.54) is 0 Å². The van der Waals surface area contributed by atoms with Crippen LogP contribution in [0.2, 0.25) is 0 Å². The Morgan fingerprint density at radius 2 is 1.95 bits per heavy atom. The van der Waals surface area contributed by atoms with E-state index in [0.29, 0.717) is 13.0 Å². The van der Waals surface area contributed by atoms with Crippen molar-refractivity contribution in [2.45, 2.75) is 40.0 Å². The number of carbonyl (C=O) groups excluding carboxylic acids is 1. The molecule has 0 aliphatic heterocycles. The Labute approximate surface area is 115 Å². The molecular formula is C15H24N2O2. The number of hydrogen-bond acceptors (Lipinski definition) is 3. The fourth-order valence-corrected chi connectivity index (χ4v) is 1.87. The second kappa shape index (κ2) is 7.79. The number of benzene rings is 1. The minimum atomic E-state index is -0.0478. The van der Waals surface area contributed by atoms with E-state index in [4.69, 9.17) is 10.5 Å². The lowest BCUT2D eigenvalue weighted by molar-refractivity contribution is -0.116. The van der Waals surface area contributed by atoms with Gasteiger partial charge >= 0.3 is 0 Å². The van der Waals surface area contributed by atoms with Gasteiger partial charge in [0, 0.05) is 18.7 Å². The Balaban J connectivity index is 2.76. The number of nitrogens with one attached hydrogen (secondary N) is 1. The molecule has 3 N–H and O–H groups in total. The number of anilines is 1. The number of carbonyl (C=O) groups is 1. The van der Waals surface area contributed by atoms with E-state index in [2.05, 4.69) is 12.2 Å². The molecule has 19 heavy (non-hydrogen) atoms. The van der Waals surface area contributed by atoms with Crippen LogP contribution in [-0.4, -0.2) is 19.1 Å². The standard InChI is InChI=1S/C15H24N2O2/c1-4-5-8-19-13-9-11(2)15(12(3)10-13)17-14(18)6-7-16/h9-10H,4-8,16H2,1-3H3,(H,17,18). The van der Waals surface area contributed by atoms with Crippen molar-refractivity contribution < 1.29 is 9.53 Å². The van der Waals surface area contributed by atoms with Crippen LogP contribution in [0.5, 0.6) is 5.75 Å². The number of hydrogen-bond donors (Lipinski definition) is 2. The third-order valence-corrected chi connectivity index (χ3v) is 2.91. The van der Waals surface area contributed by atoms with Gasteiger partial charge in [-0.2, -0.15) is 0 Å². The van der Waals surface area contributed by atoms with Crippen molar-refractivity contribution in [2.24, 2.45) is 5.73 Å². The van der Waals surface area contributed by atoms with Crippen molar-refractivity contribution >= 4 is 11.6 Å². The van der Waals surface area contributed by atoms with Crippen molar-refractivity contribution in [1.29, 1.82) is 0 Å². The second-order valence-electron chi connectivity index (χ2n) is 4.72. The van der Waals surface area contributed by atoms with E-state index in [1.54, 1.807) is 0 Å². The van der Waals surface area contributed by atoms with Crippen LogP contribution in [0.1, 0.15) is 37.3 Å². The topological polar surface area (TPSA) is 64.3 Å². The van der Waals surface area contributed by atoms with Gasteiger partial charge in [0.05, 0.1) is 6.61 Å². The van der Waals surface area contributed by atoms with Gasteiger partial charge in [-0.05, 0) is 43.5 Å². The van der Waals surface area contributed by atoms with E-state index in [1.807, 2.05) is 26.0 Å². The summed E-state index contributed by atoms with van der Waals surface area (Å²) in [6, 6.07) is 3.92. The average molecular weight is 264 g/mol. The molecule has 0 aromatic heterocycles. The van der Waals surface area contributed by atoms with Gasteiger partial charge in [-0.15, -0.1) is 0 Å². The predicted octanol–water partition coefficient (Wildman–Crippen LogP) is 2.77. The molecule has 1 aromatic rings. The highest BCUT2D eigenvalue weighted by Crippen LogP contribution is 2.26. The molecule has 4 heteroatoms. The van der Waals surface area contributed by atoms with Gasteiger partial charge < -0.3 is 15.8 Å². The zero-order chi connectivity index (χ0) is 14.3. The summed E-state index contributed by atoms with van der Waals surface area (Å²) in [5.74, 6) is 0.814. The molecule has 4 nitrogen and oxygen atoms in total. The summed E-state index contributed by atoms with van der Waals surface area (Å²) >= 11 is 0. The Morgan fingerprint density at radius 1 is 1.32 bits per heavy atom. The third kappa shape index (κ3) is 4.91. The van der Waals surface area contributed by atoms with E-state index in [-0.39, 0.29) is 5.91 Å². The van der Waals surface area contributed by atoms with E-state index in [0.717, 1.165) is 42.0 Å². The molecule has 0 atom stereocenters. The van der Waals surface area contributed by atoms with Crippen molar-refractivity contribution in [2.75, 3.05) is 18.5 Å². The van der Waals surface area contributed by atoms with Crippen LogP contribution in [0.25, 0.3) is 0 Å². The Hall–Kier alpha value is -1.55. The van der Waals surface area contributed by atoms with Crippen LogP contribution in [0.4, 0.5) is 5.69 Å². The first kappa shape index (κ1) is 15.5. The molecule has 1 rings (SSSR count). The van der Waals surface area contributed by atoms with E-state index >= 15 is 0 Å². The highest BCUT2D eigenvalue weighted by atomic mass is 16.5. The lowest BCUT2D eigenvalue weighted by atomic mass is 10.1. The first-order chi connectivity index (χ1) is 9.08. The van der Waals surface area contributed by atoms with Crippen molar-refractivity contribution in [3.8, 4) is 5.75 Å². The molecule has 0 spiro atoms. The van der Waals surface area contributed by atoms with Gasteiger partial charge in [0.2, 0.25) is 5.91 Å². The molecule has 0 heterocycles. The lowest BCUT2D eigenvalue weighted by Gasteiger charge is -2.14. The molecular weight excluding hydrogens is 240 g/mol. The lowest BCUT2D eigenvalue weighted by Crippen LogP contribution is -2.17. The van der Waals surface area contributed by atoms with Gasteiger partial charge in [-0.1, -0.05) is 13.3 Å². The van der Waals surface area contributed by atoms with E-state index in [9.17, 15) is 4.79 Å². The molecule has 0 fully saturated rings. The first-order valence-corrected chi connectivity index (χ1v) is 6.82. The Bertz CT molecular complexity index is 407. The van der Waals surface area contributed by atoms with Gasteiger partial charge in [0.25, 0.3) is 0 Å². The smallest absolute Gasteiger partial charge is 0.225 e. The van der Waals surface area contributed by atoms with Crippen LogP contribution in [0.15, 0.2) is 12.1 Å². The molecule has 0 saturated heterocycles. The first-order valence-electron chi connectivity index (χ1n) is 6.82. The summed E-state index contributed by atoms with van der Waals surface area (Å²) in [5.41, 5.74) is 8.25. The summed E-state index contributed by atoms with van der Waals surface area (Å²) in [7, 11) is 0. The van der Waals surface area contributed by atoms with Crippen LogP contribution >= 0.6 is 0 Å². The van der Waals surface area contributed by atoms with Crippen LogP contribution in [0, 0.1) is 13.8 Å². The fourth-order valence-electron chi connectivity index (χ4n) is 1.87. The second-order valence-corrected chi connectivity index (χ2v) is 4.72. The highest BCUT2D eigenvalue weighted by molar-refractivity contribution is 5.92. The SMILES string of the molecule is CCCCOc1cc(C)c(NC(=O)CCN)c(C)c1. The molecule has 0 aliphatic rings. The largest absolute Gasteiger partial charge is 0.494 e. The van der Waals surface area contributed by atoms with Gasteiger partial charge in [0.1, 0.15) is 5.75 Å². The maximum Gasteiger partial charge on any atom is 0.225 e. The average Bonchev–Trinajstić information content (AvgIpc) is 2.34. The fraction of sp³-hybridized carbons (Fsp3) is 0.533. The summed E-state index contributed by atoms with van der Waals surface area (Å²) in [5, 5.41) is 2.90. The number of amides is 1. The zero-order valence-electron chi connectivity index (χ0n) is 12.1. The summed E-state index contributed by atoms with van der Waals surface area (Å²) in [4.78, 5) is 11.6. The number of rotatable bonds is 7. The predicted molar refractivity (Wildman–Crippen MR) is 78.6 cm³/mol. The normalized spacial score (nSPS) is 10.3. The van der Waals surface area contributed by atoms with Gasteiger partial charge in [-0.3, -0.25) is 4.79 Å². The molecule has 0 aliphatic carbocycles. The minimum Gasteiger partial charge on any atom is -0.494 e. The van der Waals surface area contributed by atoms with Crippen LogP contribution in [-0.2, 0) is 4.79 Å². The summed E-state index contributed by atoms with van der Waals surface area (Å²) in [6.07, 6.45) is 2.51. The highest BCUT2D eigenvalue weighted by Gasteiger charge is 2.09. The number of ether oxygens (including phenoxy) is 1. The molecule has 0 radical (unpaired) electrons. The quantitative estimate of drug-likeness (QED) is 0.744. The Morgan fingerprint density at radius 3 is 2.47 bits per heavy atom. The molecule has 0 saturated carbocycles. The molecule has 1 amide bonds. The Kier molecular flexibility index (Phi) is 6.36. The van der Waals surface area contributed by atoms with Crippen molar-refractivity contribution in [3.63, 3.8) is 0 Å². The summed E-state index contributed by atoms with van der Waals surface area (Å²) in [6.45, 7) is 7.17. The molecule has 1 aromatic carbocycles. The van der Waals surface area contributed by atoms with Gasteiger partial charge in [-0.25, -0.2) is 0 Å². The summed E-state index contributed by atoms with van der Waals surface area (Å²) < 4.78 is 5.68. The van der Waals surface area contributed by atoms with Crippen molar-refractivity contribution in [3.05, 3.63) is 23.3 Å². The molecule has 0 bridgehead atoms. The molecule has 106 valence electrons. The molecule has 0 unspecified atom stereocenters. The third-order valence-electron chi connectivity index (χ3n) is 2.91.